The molecule has 0 unspecified atom stereocenters. The van der Waals surface area contributed by atoms with Crippen molar-refractivity contribution in [3.8, 4) is 0 Å². The van der Waals surface area contributed by atoms with Crippen LogP contribution in [0.2, 0.25) is 0 Å². The van der Waals surface area contributed by atoms with E-state index >= 15 is 0 Å². The second-order valence-corrected chi connectivity index (χ2v) is 4.55. The molecule has 1 fully saturated rings. The van der Waals surface area contributed by atoms with Gasteiger partial charge in [0.2, 0.25) is 10.0 Å². The van der Waals surface area contributed by atoms with Crippen LogP contribution in [0.15, 0.2) is 11.5 Å². The molecule has 1 heterocycles. The van der Waals surface area contributed by atoms with Crippen molar-refractivity contribution in [2.75, 3.05) is 6.54 Å². The summed E-state index contributed by atoms with van der Waals surface area (Å²) in [6, 6.07) is -0.370. The van der Waals surface area contributed by atoms with Crippen molar-refractivity contribution < 1.29 is 18.3 Å². The molecule has 0 saturated carbocycles. The van der Waals surface area contributed by atoms with E-state index in [1.807, 2.05) is 0 Å². The van der Waals surface area contributed by atoms with Gasteiger partial charge in [0.1, 0.15) is 0 Å². The molecule has 0 aliphatic carbocycles. The van der Waals surface area contributed by atoms with Gasteiger partial charge in [-0.3, -0.25) is 0 Å². The summed E-state index contributed by atoms with van der Waals surface area (Å²) in [7, 11) is -3.66. The van der Waals surface area contributed by atoms with E-state index in [0.717, 1.165) is 11.8 Å². The van der Waals surface area contributed by atoms with Crippen LogP contribution in [0.25, 0.3) is 0 Å². The highest BCUT2D eigenvalue weighted by Crippen LogP contribution is 2.18. The second kappa shape index (κ2) is 3.97. The fourth-order valence-corrected chi connectivity index (χ4v) is 1.83. The van der Waals surface area contributed by atoms with E-state index < -0.39 is 16.1 Å². The minimum Gasteiger partial charge on any atom is -0.465 e. The van der Waals surface area contributed by atoms with E-state index in [-0.39, 0.29) is 6.04 Å². The quantitative estimate of drug-likeness (QED) is 0.680. The first-order valence-electron chi connectivity index (χ1n) is 4.11. The second-order valence-electron chi connectivity index (χ2n) is 3.10. The standard InChI is InChI=1S/C7H12N2O4S/c8-14(12,13)5-3-6-2-1-4-9(6)7(10)11/h3,5-6H,1-2,4H2,(H,10,11)(H2,8,12,13)/b5-3-/t6-/m0/s1. The van der Waals surface area contributed by atoms with Crippen molar-refractivity contribution in [1.29, 1.82) is 0 Å². The zero-order valence-electron chi connectivity index (χ0n) is 7.46. The number of carboxylic acid groups (broad SMARTS) is 1. The fourth-order valence-electron chi connectivity index (χ4n) is 1.43. The molecule has 0 spiro atoms. The Morgan fingerprint density at radius 3 is 2.71 bits per heavy atom. The molecule has 1 atom stereocenters. The van der Waals surface area contributed by atoms with Crippen LogP contribution in [0.4, 0.5) is 4.79 Å². The lowest BCUT2D eigenvalue weighted by Crippen LogP contribution is -2.33. The summed E-state index contributed by atoms with van der Waals surface area (Å²) in [5.74, 6) is 0. The number of nitrogens with zero attached hydrogens (tertiary/aromatic N) is 1. The van der Waals surface area contributed by atoms with Gasteiger partial charge in [0, 0.05) is 12.0 Å². The summed E-state index contributed by atoms with van der Waals surface area (Å²) in [4.78, 5) is 11.8. The topological polar surface area (TPSA) is 101 Å². The van der Waals surface area contributed by atoms with Crippen molar-refractivity contribution in [2.45, 2.75) is 18.9 Å². The Labute approximate surface area is 82.0 Å². The highest BCUT2D eigenvalue weighted by atomic mass is 32.2. The predicted octanol–water partition coefficient (Wildman–Crippen LogP) is -0.0690. The van der Waals surface area contributed by atoms with E-state index in [4.69, 9.17) is 10.2 Å². The molecule has 3 N–H and O–H groups in total. The third kappa shape index (κ3) is 3.00. The Kier molecular flexibility index (Phi) is 3.12. The first-order valence-corrected chi connectivity index (χ1v) is 5.71. The minimum atomic E-state index is -3.66. The van der Waals surface area contributed by atoms with E-state index in [1.165, 1.54) is 11.0 Å². The van der Waals surface area contributed by atoms with Gasteiger partial charge in [-0.1, -0.05) is 0 Å². The SMILES string of the molecule is NS(=O)(=O)/C=C\[C@@H]1CCCN1C(=O)O. The van der Waals surface area contributed by atoms with Crippen LogP contribution >= 0.6 is 0 Å². The van der Waals surface area contributed by atoms with Crippen LogP contribution in [0.3, 0.4) is 0 Å². The summed E-state index contributed by atoms with van der Waals surface area (Å²) < 4.78 is 21.2. The molecule has 80 valence electrons. The maximum absolute atomic E-state index is 10.6. The average molecular weight is 220 g/mol. The Hall–Kier alpha value is -1.08. The smallest absolute Gasteiger partial charge is 0.407 e. The maximum Gasteiger partial charge on any atom is 0.407 e. The molecular weight excluding hydrogens is 208 g/mol. The molecule has 0 radical (unpaired) electrons. The maximum atomic E-state index is 10.6. The molecular formula is C7H12N2O4S. The Morgan fingerprint density at radius 2 is 2.21 bits per heavy atom. The molecule has 1 amide bonds. The first-order chi connectivity index (χ1) is 6.40. The number of carbonyl (C=O) groups is 1. The van der Waals surface area contributed by atoms with E-state index in [2.05, 4.69) is 0 Å². The van der Waals surface area contributed by atoms with E-state index in [0.29, 0.717) is 13.0 Å². The molecule has 1 aliphatic heterocycles. The van der Waals surface area contributed by atoms with Gasteiger partial charge in [-0.15, -0.1) is 0 Å². The van der Waals surface area contributed by atoms with Crippen molar-refractivity contribution in [1.82, 2.24) is 4.90 Å². The number of rotatable bonds is 2. The Morgan fingerprint density at radius 1 is 1.57 bits per heavy atom. The van der Waals surface area contributed by atoms with Gasteiger partial charge in [-0.25, -0.2) is 18.4 Å². The largest absolute Gasteiger partial charge is 0.465 e. The molecule has 0 aromatic rings. The van der Waals surface area contributed by atoms with Crippen molar-refractivity contribution in [2.24, 2.45) is 5.14 Å². The molecule has 1 aliphatic rings. The van der Waals surface area contributed by atoms with Crippen molar-refractivity contribution in [3.05, 3.63) is 11.5 Å². The summed E-state index contributed by atoms with van der Waals surface area (Å²) in [5.41, 5.74) is 0. The highest BCUT2D eigenvalue weighted by Gasteiger charge is 2.26. The highest BCUT2D eigenvalue weighted by molar-refractivity contribution is 7.92. The average Bonchev–Trinajstić information content (AvgIpc) is 2.46. The number of primary sulfonamides is 1. The monoisotopic (exact) mass is 220 g/mol. The van der Waals surface area contributed by atoms with Gasteiger partial charge >= 0.3 is 6.09 Å². The zero-order chi connectivity index (χ0) is 10.8. The van der Waals surface area contributed by atoms with Gasteiger partial charge in [0.05, 0.1) is 6.04 Å². The first kappa shape index (κ1) is 11.0. The number of likely N-dealkylation sites (tertiary alicyclic amines) is 1. The molecule has 1 rings (SSSR count). The fraction of sp³-hybridized carbons (Fsp3) is 0.571. The van der Waals surface area contributed by atoms with Crippen LogP contribution < -0.4 is 5.14 Å². The summed E-state index contributed by atoms with van der Waals surface area (Å²) in [6.45, 7) is 0.439. The van der Waals surface area contributed by atoms with Crippen LogP contribution in [-0.2, 0) is 10.0 Å². The molecule has 1 saturated heterocycles. The lowest BCUT2D eigenvalue weighted by molar-refractivity contribution is 0.147. The molecule has 14 heavy (non-hydrogen) atoms. The number of nitrogens with two attached hydrogens (primary N) is 1. The Balaban J connectivity index is 2.69. The molecule has 6 nitrogen and oxygen atoms in total. The lowest BCUT2D eigenvalue weighted by atomic mass is 10.2. The van der Waals surface area contributed by atoms with Crippen LogP contribution in [0, 0.1) is 0 Å². The van der Waals surface area contributed by atoms with Gasteiger partial charge in [0.15, 0.2) is 0 Å². The summed E-state index contributed by atoms with van der Waals surface area (Å²) >= 11 is 0. The number of hydrogen-bond donors (Lipinski definition) is 2. The molecule has 0 aromatic carbocycles. The van der Waals surface area contributed by atoms with Crippen molar-refractivity contribution >= 4 is 16.1 Å². The molecule has 7 heteroatoms. The molecule has 0 aromatic heterocycles. The normalized spacial score (nSPS) is 23.2. The zero-order valence-corrected chi connectivity index (χ0v) is 8.27. The number of hydrogen-bond acceptors (Lipinski definition) is 3. The number of amides is 1. The van der Waals surface area contributed by atoms with Gasteiger partial charge in [0.25, 0.3) is 0 Å². The summed E-state index contributed by atoms with van der Waals surface area (Å²) in [6.07, 6.45) is 1.66. The van der Waals surface area contributed by atoms with E-state index in [1.54, 1.807) is 0 Å². The number of sulfonamides is 1. The Bertz CT molecular complexity index is 349. The van der Waals surface area contributed by atoms with Crippen LogP contribution in [0.1, 0.15) is 12.8 Å². The van der Waals surface area contributed by atoms with Gasteiger partial charge in [-0.2, -0.15) is 0 Å². The van der Waals surface area contributed by atoms with Crippen LogP contribution in [-0.4, -0.2) is 37.1 Å². The van der Waals surface area contributed by atoms with Crippen LogP contribution in [0.5, 0.6) is 0 Å². The molecule has 0 bridgehead atoms. The third-order valence-electron chi connectivity index (χ3n) is 2.04. The van der Waals surface area contributed by atoms with Crippen molar-refractivity contribution in [3.63, 3.8) is 0 Å². The lowest BCUT2D eigenvalue weighted by Gasteiger charge is -2.17. The van der Waals surface area contributed by atoms with Gasteiger partial charge in [-0.05, 0) is 18.9 Å². The third-order valence-corrected chi connectivity index (χ3v) is 2.57. The predicted molar refractivity (Wildman–Crippen MR) is 50.0 cm³/mol. The minimum absolute atomic E-state index is 0.370. The van der Waals surface area contributed by atoms with Gasteiger partial charge < -0.3 is 10.0 Å². The summed E-state index contributed by atoms with van der Waals surface area (Å²) in [5, 5.41) is 14.3. The van der Waals surface area contributed by atoms with E-state index in [9.17, 15) is 13.2 Å².